The van der Waals surface area contributed by atoms with E-state index >= 15 is 0 Å². The van der Waals surface area contributed by atoms with Crippen molar-refractivity contribution >= 4 is 44.1 Å². The molecule has 2 heterocycles. The van der Waals surface area contributed by atoms with Crippen molar-refractivity contribution in [2.75, 3.05) is 29.9 Å². The van der Waals surface area contributed by atoms with Gasteiger partial charge in [-0.15, -0.1) is 0 Å². The van der Waals surface area contributed by atoms with E-state index in [1.54, 1.807) is 12.1 Å². The fourth-order valence-corrected chi connectivity index (χ4v) is 4.64. The highest BCUT2D eigenvalue weighted by Gasteiger charge is 2.23. The third-order valence-electron chi connectivity index (χ3n) is 5.22. The van der Waals surface area contributed by atoms with Gasteiger partial charge in [0, 0.05) is 37.5 Å². The lowest BCUT2D eigenvalue weighted by Gasteiger charge is -2.32. The molecule has 2 aromatic carbocycles. The molecule has 1 atom stereocenters. The Kier molecular flexibility index (Phi) is 5.80. The molecule has 0 aliphatic carbocycles. The number of non-ortho nitro benzene ring substituents is 1. The number of anilines is 2. The summed E-state index contributed by atoms with van der Waals surface area (Å²) in [7, 11) is 0. The molecule has 1 fully saturated rings. The minimum atomic E-state index is -0.386. The highest BCUT2D eigenvalue weighted by molar-refractivity contribution is 7.22. The van der Waals surface area contributed by atoms with Crippen LogP contribution in [-0.2, 0) is 0 Å². The number of benzene rings is 2. The molecule has 1 saturated heterocycles. The molecule has 4 rings (SSSR count). The van der Waals surface area contributed by atoms with E-state index in [0.29, 0.717) is 12.5 Å². The lowest BCUT2D eigenvalue weighted by molar-refractivity contribution is -0.384. The second kappa shape index (κ2) is 8.66. The van der Waals surface area contributed by atoms with Gasteiger partial charge >= 0.3 is 6.03 Å². The minimum Gasteiger partial charge on any atom is -0.348 e. The van der Waals surface area contributed by atoms with E-state index in [9.17, 15) is 14.9 Å². The Labute approximate surface area is 178 Å². The van der Waals surface area contributed by atoms with Gasteiger partial charge in [-0.05, 0) is 43.9 Å². The topological polar surface area (TPSA) is 100 Å². The van der Waals surface area contributed by atoms with Crippen molar-refractivity contribution in [2.45, 2.75) is 19.8 Å². The molecule has 3 aromatic rings. The smallest absolute Gasteiger partial charge is 0.319 e. The predicted molar refractivity (Wildman–Crippen MR) is 119 cm³/mol. The van der Waals surface area contributed by atoms with Crippen LogP contribution in [0.15, 0.2) is 42.5 Å². The number of aryl methyl sites for hydroxylation is 1. The fraction of sp³-hybridized carbons (Fsp3) is 0.333. The lowest BCUT2D eigenvalue weighted by atomic mass is 9.98. The molecular formula is C21H23N5O3S. The Morgan fingerprint density at radius 1 is 1.30 bits per heavy atom. The Morgan fingerprint density at radius 2 is 2.10 bits per heavy atom. The van der Waals surface area contributed by atoms with Gasteiger partial charge in [0.2, 0.25) is 0 Å². The van der Waals surface area contributed by atoms with Crippen LogP contribution in [0.1, 0.15) is 18.4 Å². The van der Waals surface area contributed by atoms with Crippen LogP contribution in [0.3, 0.4) is 0 Å². The van der Waals surface area contributed by atoms with E-state index in [0.717, 1.165) is 52.5 Å². The zero-order chi connectivity index (χ0) is 21.1. The third kappa shape index (κ3) is 4.68. The number of rotatable bonds is 5. The number of thiazole rings is 1. The Hall–Kier alpha value is -3.20. The van der Waals surface area contributed by atoms with Gasteiger partial charge in [-0.3, -0.25) is 10.1 Å². The number of hydrogen-bond donors (Lipinski definition) is 2. The zero-order valence-electron chi connectivity index (χ0n) is 16.6. The van der Waals surface area contributed by atoms with Crippen LogP contribution in [0.5, 0.6) is 0 Å². The molecule has 0 bridgehead atoms. The molecular weight excluding hydrogens is 402 g/mol. The van der Waals surface area contributed by atoms with Crippen molar-refractivity contribution in [2.24, 2.45) is 5.92 Å². The molecule has 0 spiro atoms. The summed E-state index contributed by atoms with van der Waals surface area (Å²) < 4.78 is 0.817. The van der Waals surface area contributed by atoms with Gasteiger partial charge in [0.25, 0.3) is 5.69 Å². The molecule has 8 nitrogen and oxygen atoms in total. The normalized spacial score (nSPS) is 16.4. The van der Waals surface area contributed by atoms with Crippen molar-refractivity contribution in [3.8, 4) is 0 Å². The highest BCUT2D eigenvalue weighted by Crippen LogP contribution is 2.33. The molecule has 2 amide bonds. The average Bonchev–Trinajstić information content (AvgIpc) is 3.17. The van der Waals surface area contributed by atoms with Crippen molar-refractivity contribution < 1.29 is 9.72 Å². The molecule has 1 aliphatic rings. The van der Waals surface area contributed by atoms with Crippen molar-refractivity contribution in [3.63, 3.8) is 0 Å². The van der Waals surface area contributed by atoms with Crippen molar-refractivity contribution in [1.29, 1.82) is 0 Å². The first-order chi connectivity index (χ1) is 14.5. The maximum absolute atomic E-state index is 12.2. The number of nitrogens with zero attached hydrogens (tertiary/aromatic N) is 3. The average molecular weight is 426 g/mol. The van der Waals surface area contributed by atoms with Crippen LogP contribution < -0.4 is 15.5 Å². The Bertz CT molecular complexity index is 1070. The third-order valence-corrected chi connectivity index (χ3v) is 6.30. The number of carbonyl (C=O) groups is 1. The summed E-state index contributed by atoms with van der Waals surface area (Å²) in [6.45, 7) is 4.29. The van der Waals surface area contributed by atoms with E-state index in [4.69, 9.17) is 0 Å². The summed E-state index contributed by atoms with van der Waals surface area (Å²) in [5, 5.41) is 17.7. The van der Waals surface area contributed by atoms with E-state index in [1.165, 1.54) is 17.4 Å². The molecule has 1 aromatic heterocycles. The number of fused-ring (bicyclic) bond motifs is 1. The monoisotopic (exact) mass is 425 g/mol. The number of nitrogens with one attached hydrogen (secondary N) is 2. The molecule has 9 heteroatoms. The molecule has 1 unspecified atom stereocenters. The van der Waals surface area contributed by atoms with Crippen LogP contribution in [0.4, 0.5) is 21.3 Å². The van der Waals surface area contributed by atoms with Crippen LogP contribution in [0.25, 0.3) is 10.2 Å². The molecule has 2 N–H and O–H groups in total. The predicted octanol–water partition coefficient (Wildman–Crippen LogP) is 4.55. The van der Waals surface area contributed by atoms with Gasteiger partial charge in [0.05, 0.1) is 15.1 Å². The van der Waals surface area contributed by atoms with Gasteiger partial charge in [-0.25, -0.2) is 9.78 Å². The van der Waals surface area contributed by atoms with Crippen LogP contribution in [-0.4, -0.2) is 35.6 Å². The molecule has 156 valence electrons. The summed E-state index contributed by atoms with van der Waals surface area (Å²) in [5.41, 5.74) is 2.77. The fourth-order valence-electron chi connectivity index (χ4n) is 3.60. The minimum absolute atomic E-state index is 0.0815. The molecule has 30 heavy (non-hydrogen) atoms. The number of nitro groups is 1. The highest BCUT2D eigenvalue weighted by atomic mass is 32.1. The number of piperidine rings is 1. The van der Waals surface area contributed by atoms with E-state index < -0.39 is 0 Å². The van der Waals surface area contributed by atoms with Crippen LogP contribution in [0, 0.1) is 23.0 Å². The Morgan fingerprint density at radius 3 is 2.87 bits per heavy atom. The summed E-state index contributed by atoms with van der Waals surface area (Å²) in [6.07, 6.45) is 2.06. The van der Waals surface area contributed by atoms with Gasteiger partial charge in [-0.1, -0.05) is 29.0 Å². The maximum atomic E-state index is 12.2. The SMILES string of the molecule is Cc1ccc(NC(=O)NCC2CCCN(c3nc4ccc([N+](=O)[O-])cc4s3)C2)cc1. The number of urea groups is 1. The summed E-state index contributed by atoms with van der Waals surface area (Å²) in [6, 6.07) is 12.2. The first-order valence-electron chi connectivity index (χ1n) is 9.89. The van der Waals surface area contributed by atoms with Crippen LogP contribution >= 0.6 is 11.3 Å². The largest absolute Gasteiger partial charge is 0.348 e. The summed E-state index contributed by atoms with van der Waals surface area (Å²) in [5.74, 6) is 0.323. The number of carbonyl (C=O) groups excluding carboxylic acids is 1. The number of amides is 2. The van der Waals surface area contributed by atoms with Gasteiger partial charge in [0.15, 0.2) is 5.13 Å². The van der Waals surface area contributed by atoms with Crippen molar-refractivity contribution in [1.82, 2.24) is 10.3 Å². The van der Waals surface area contributed by atoms with Gasteiger partial charge in [0.1, 0.15) is 0 Å². The van der Waals surface area contributed by atoms with Crippen molar-refractivity contribution in [3.05, 3.63) is 58.1 Å². The molecule has 0 radical (unpaired) electrons. The van der Waals surface area contributed by atoms with E-state index in [1.807, 2.05) is 31.2 Å². The maximum Gasteiger partial charge on any atom is 0.319 e. The van der Waals surface area contributed by atoms with E-state index in [-0.39, 0.29) is 16.6 Å². The standard InChI is InChI=1S/C21H23N5O3S/c1-14-4-6-16(7-5-14)23-20(27)22-12-15-3-2-10-25(13-15)21-24-18-9-8-17(26(28)29)11-19(18)30-21/h4-9,11,15H,2-3,10,12-13H2,1H3,(H2,22,23,27). The molecule has 0 saturated carbocycles. The lowest BCUT2D eigenvalue weighted by Crippen LogP contribution is -2.42. The first kappa shape index (κ1) is 20.1. The van der Waals surface area contributed by atoms with E-state index in [2.05, 4.69) is 20.5 Å². The summed E-state index contributed by atoms with van der Waals surface area (Å²) in [4.78, 5) is 29.7. The zero-order valence-corrected chi connectivity index (χ0v) is 17.4. The second-order valence-electron chi connectivity index (χ2n) is 7.56. The summed E-state index contributed by atoms with van der Waals surface area (Å²) >= 11 is 1.48. The Balaban J connectivity index is 1.35. The van der Waals surface area contributed by atoms with Gasteiger partial charge in [-0.2, -0.15) is 0 Å². The number of aromatic nitrogens is 1. The second-order valence-corrected chi connectivity index (χ2v) is 8.57. The first-order valence-corrected chi connectivity index (χ1v) is 10.7. The molecule has 1 aliphatic heterocycles. The van der Waals surface area contributed by atoms with Gasteiger partial charge < -0.3 is 15.5 Å². The van der Waals surface area contributed by atoms with Crippen LogP contribution in [0.2, 0.25) is 0 Å². The number of hydrogen-bond acceptors (Lipinski definition) is 6. The quantitative estimate of drug-likeness (QED) is 0.461. The number of nitro benzene ring substituents is 1.